The third kappa shape index (κ3) is 2.78. The number of fused-ring (bicyclic) bond motifs is 1. The maximum atomic E-state index is 11.8. The number of hydrogen-bond acceptors (Lipinski definition) is 3. The van der Waals surface area contributed by atoms with Crippen LogP contribution < -0.4 is 5.32 Å². The van der Waals surface area contributed by atoms with Crippen molar-refractivity contribution < 1.29 is 9.90 Å². The van der Waals surface area contributed by atoms with Crippen molar-refractivity contribution in [3.63, 3.8) is 0 Å². The molecule has 0 aliphatic carbocycles. The number of benzene rings is 1. The van der Waals surface area contributed by atoms with E-state index >= 15 is 0 Å². The van der Waals surface area contributed by atoms with Gasteiger partial charge in [-0.15, -0.1) is 0 Å². The van der Waals surface area contributed by atoms with E-state index in [0.29, 0.717) is 5.15 Å². The maximum absolute atomic E-state index is 11.8. The Kier molecular flexibility index (Phi) is 3.79. The zero-order valence-corrected chi connectivity index (χ0v) is 10.6. The monoisotopic (exact) mass is 264 g/mol. The molecule has 18 heavy (non-hydrogen) atoms. The van der Waals surface area contributed by atoms with Crippen LogP contribution in [-0.2, 0) is 0 Å². The van der Waals surface area contributed by atoms with Gasteiger partial charge in [-0.25, -0.2) is 4.98 Å². The number of aromatic nitrogens is 1. The smallest absolute Gasteiger partial charge is 0.270 e. The van der Waals surface area contributed by atoms with E-state index in [1.165, 1.54) is 0 Å². The third-order valence-corrected chi connectivity index (χ3v) is 2.77. The fraction of sp³-hybridized carbons (Fsp3) is 0.231. The van der Waals surface area contributed by atoms with Crippen molar-refractivity contribution in [3.8, 4) is 0 Å². The van der Waals surface area contributed by atoms with Gasteiger partial charge >= 0.3 is 0 Å². The standard InChI is InChI=1S/C13H13ClN2O2/c1-8(17)7-15-13(18)11-6-9-4-2-3-5-10(9)12(14)16-11/h2-6,8,17H,7H2,1H3,(H,15,18)/t8-/m1/s1. The fourth-order valence-corrected chi connectivity index (χ4v) is 1.87. The molecular formula is C13H13ClN2O2. The topological polar surface area (TPSA) is 62.2 Å². The Balaban J connectivity index is 2.31. The minimum Gasteiger partial charge on any atom is -0.392 e. The molecular weight excluding hydrogens is 252 g/mol. The second-order valence-electron chi connectivity index (χ2n) is 4.08. The van der Waals surface area contributed by atoms with Gasteiger partial charge in [-0.1, -0.05) is 35.9 Å². The Morgan fingerprint density at radius 1 is 1.50 bits per heavy atom. The molecule has 0 bridgehead atoms. The molecule has 1 atom stereocenters. The second-order valence-corrected chi connectivity index (χ2v) is 4.44. The Morgan fingerprint density at radius 3 is 2.94 bits per heavy atom. The lowest BCUT2D eigenvalue weighted by atomic mass is 10.1. The van der Waals surface area contributed by atoms with Gasteiger partial charge in [0.1, 0.15) is 10.8 Å². The first kappa shape index (κ1) is 12.8. The number of pyridine rings is 1. The molecule has 94 valence electrons. The Labute approximate surface area is 110 Å². The minimum atomic E-state index is -0.593. The molecule has 2 rings (SSSR count). The van der Waals surface area contributed by atoms with Gasteiger partial charge in [-0.2, -0.15) is 0 Å². The highest BCUT2D eigenvalue weighted by Gasteiger charge is 2.11. The van der Waals surface area contributed by atoms with Gasteiger partial charge < -0.3 is 10.4 Å². The summed E-state index contributed by atoms with van der Waals surface area (Å²) in [5, 5.41) is 13.7. The maximum Gasteiger partial charge on any atom is 0.270 e. The Hall–Kier alpha value is -1.65. The van der Waals surface area contributed by atoms with Crippen LogP contribution in [0.2, 0.25) is 5.15 Å². The SMILES string of the molecule is C[C@@H](O)CNC(=O)c1cc2ccccc2c(Cl)n1. The predicted octanol–water partition coefficient (Wildman–Crippen LogP) is 2.00. The molecule has 2 aromatic rings. The quantitative estimate of drug-likeness (QED) is 0.834. The Morgan fingerprint density at radius 2 is 2.22 bits per heavy atom. The van der Waals surface area contributed by atoms with Crippen molar-refractivity contribution in [1.82, 2.24) is 10.3 Å². The molecule has 0 fully saturated rings. The van der Waals surface area contributed by atoms with Crippen molar-refractivity contribution in [1.29, 1.82) is 0 Å². The lowest BCUT2D eigenvalue weighted by Crippen LogP contribution is -2.31. The predicted molar refractivity (Wildman–Crippen MR) is 70.8 cm³/mol. The van der Waals surface area contributed by atoms with E-state index < -0.39 is 6.10 Å². The molecule has 0 spiro atoms. The lowest BCUT2D eigenvalue weighted by molar-refractivity contribution is 0.0919. The van der Waals surface area contributed by atoms with Crippen molar-refractivity contribution in [3.05, 3.63) is 41.2 Å². The summed E-state index contributed by atoms with van der Waals surface area (Å²) in [5.41, 5.74) is 0.249. The van der Waals surface area contributed by atoms with E-state index in [2.05, 4.69) is 10.3 Å². The zero-order valence-electron chi connectivity index (χ0n) is 9.85. The molecule has 0 aliphatic heterocycles. The number of hydrogen-bond donors (Lipinski definition) is 2. The van der Waals surface area contributed by atoms with Crippen molar-refractivity contribution in [2.45, 2.75) is 13.0 Å². The molecule has 1 aromatic carbocycles. The number of carbonyl (C=O) groups excluding carboxylic acids is 1. The molecule has 0 radical (unpaired) electrons. The molecule has 0 unspecified atom stereocenters. The van der Waals surface area contributed by atoms with Crippen LogP contribution >= 0.6 is 11.6 Å². The zero-order chi connectivity index (χ0) is 13.1. The number of aliphatic hydroxyl groups is 1. The molecule has 1 heterocycles. The van der Waals surface area contributed by atoms with Crippen LogP contribution in [-0.4, -0.2) is 28.6 Å². The first-order valence-corrected chi connectivity index (χ1v) is 5.97. The number of nitrogens with one attached hydrogen (secondary N) is 1. The highest BCUT2D eigenvalue weighted by atomic mass is 35.5. The van der Waals surface area contributed by atoms with Crippen LogP contribution in [0.4, 0.5) is 0 Å². The number of nitrogens with zero attached hydrogens (tertiary/aromatic N) is 1. The summed E-state index contributed by atoms with van der Waals surface area (Å²) in [6, 6.07) is 9.13. The van der Waals surface area contributed by atoms with Gasteiger partial charge in [-0.05, 0) is 18.4 Å². The van der Waals surface area contributed by atoms with E-state index in [0.717, 1.165) is 10.8 Å². The molecule has 5 heteroatoms. The van der Waals surface area contributed by atoms with Crippen molar-refractivity contribution in [2.24, 2.45) is 0 Å². The van der Waals surface area contributed by atoms with Crippen molar-refractivity contribution >= 4 is 28.3 Å². The molecule has 0 aliphatic rings. The van der Waals surface area contributed by atoms with Crippen LogP contribution in [0.25, 0.3) is 10.8 Å². The summed E-state index contributed by atoms with van der Waals surface area (Å²) in [7, 11) is 0. The average Bonchev–Trinajstić information content (AvgIpc) is 2.36. The average molecular weight is 265 g/mol. The summed E-state index contributed by atoms with van der Waals surface area (Å²) in [6.45, 7) is 1.78. The van der Waals surface area contributed by atoms with Gasteiger partial charge in [-0.3, -0.25) is 4.79 Å². The van der Waals surface area contributed by atoms with Gasteiger partial charge in [0.05, 0.1) is 6.10 Å². The number of amides is 1. The molecule has 1 aromatic heterocycles. The van der Waals surface area contributed by atoms with E-state index in [1.807, 2.05) is 24.3 Å². The van der Waals surface area contributed by atoms with Crippen molar-refractivity contribution in [2.75, 3.05) is 6.54 Å². The summed E-state index contributed by atoms with van der Waals surface area (Å²) in [6.07, 6.45) is -0.593. The highest BCUT2D eigenvalue weighted by Crippen LogP contribution is 2.22. The minimum absolute atomic E-state index is 0.185. The van der Waals surface area contributed by atoms with E-state index in [1.54, 1.807) is 13.0 Å². The van der Waals surface area contributed by atoms with Gasteiger partial charge in [0.2, 0.25) is 0 Å². The highest BCUT2D eigenvalue weighted by molar-refractivity contribution is 6.34. The molecule has 4 nitrogen and oxygen atoms in total. The number of rotatable bonds is 3. The van der Waals surface area contributed by atoms with E-state index in [9.17, 15) is 4.79 Å². The fourth-order valence-electron chi connectivity index (χ4n) is 1.60. The number of halogens is 1. The first-order valence-electron chi connectivity index (χ1n) is 5.59. The second kappa shape index (κ2) is 5.33. The summed E-state index contributed by atoms with van der Waals surface area (Å²) >= 11 is 6.03. The summed E-state index contributed by atoms with van der Waals surface area (Å²) in [5.74, 6) is -0.344. The third-order valence-electron chi connectivity index (χ3n) is 2.48. The molecule has 1 amide bonds. The largest absolute Gasteiger partial charge is 0.392 e. The van der Waals surface area contributed by atoms with Crippen LogP contribution in [0.5, 0.6) is 0 Å². The molecule has 0 saturated carbocycles. The van der Waals surface area contributed by atoms with Gasteiger partial charge in [0, 0.05) is 11.9 Å². The van der Waals surface area contributed by atoms with Crippen LogP contribution in [0.1, 0.15) is 17.4 Å². The summed E-state index contributed by atoms with van der Waals surface area (Å²) < 4.78 is 0. The van der Waals surface area contributed by atoms with Gasteiger partial charge in [0.15, 0.2) is 0 Å². The Bertz CT molecular complexity index is 584. The van der Waals surface area contributed by atoms with E-state index in [-0.39, 0.29) is 18.1 Å². The van der Waals surface area contributed by atoms with Crippen LogP contribution in [0, 0.1) is 0 Å². The molecule has 2 N–H and O–H groups in total. The van der Waals surface area contributed by atoms with Gasteiger partial charge in [0.25, 0.3) is 5.91 Å². The molecule has 0 saturated heterocycles. The normalized spacial score (nSPS) is 12.4. The summed E-state index contributed by atoms with van der Waals surface area (Å²) in [4.78, 5) is 15.9. The van der Waals surface area contributed by atoms with E-state index in [4.69, 9.17) is 16.7 Å². The van der Waals surface area contributed by atoms with Crippen LogP contribution in [0.3, 0.4) is 0 Å². The number of carbonyl (C=O) groups is 1. The number of aliphatic hydroxyl groups excluding tert-OH is 1. The first-order chi connectivity index (χ1) is 8.58. The lowest BCUT2D eigenvalue weighted by Gasteiger charge is -2.08. The van der Waals surface area contributed by atoms with Crippen LogP contribution in [0.15, 0.2) is 30.3 Å².